The average molecular weight is 247 g/mol. The molecule has 0 amide bonds. The molecule has 0 fully saturated rings. The van der Waals surface area contributed by atoms with E-state index < -0.39 is 5.97 Å². The van der Waals surface area contributed by atoms with Crippen LogP contribution in [0.1, 0.15) is 11.6 Å². The van der Waals surface area contributed by atoms with Crippen molar-refractivity contribution in [2.24, 2.45) is 0 Å². The number of aryl methyl sites for hydroxylation is 1. The van der Waals surface area contributed by atoms with Crippen molar-refractivity contribution >= 4 is 5.97 Å². The zero-order chi connectivity index (χ0) is 13.1. The van der Waals surface area contributed by atoms with Crippen LogP contribution in [0.4, 0.5) is 0 Å². The van der Waals surface area contributed by atoms with E-state index in [0.29, 0.717) is 17.4 Å². The summed E-state index contributed by atoms with van der Waals surface area (Å²) >= 11 is 0. The quantitative estimate of drug-likeness (QED) is 0.878. The van der Waals surface area contributed by atoms with Crippen LogP contribution in [-0.4, -0.2) is 33.0 Å². The molecular weight excluding hydrogens is 234 g/mol. The summed E-state index contributed by atoms with van der Waals surface area (Å²) in [5, 5.41) is 13.0. The number of carboxylic acid groups (broad SMARTS) is 1. The van der Waals surface area contributed by atoms with Gasteiger partial charge in [0.25, 0.3) is 0 Å². The first-order chi connectivity index (χ1) is 8.60. The first kappa shape index (κ1) is 12.1. The van der Waals surface area contributed by atoms with Crippen molar-refractivity contribution in [1.82, 2.24) is 14.8 Å². The molecule has 18 heavy (non-hydrogen) atoms. The Hall–Kier alpha value is -2.37. The number of carbonyl (C=O) groups is 1. The molecule has 0 bridgehead atoms. The van der Waals surface area contributed by atoms with E-state index in [9.17, 15) is 4.79 Å². The largest absolute Gasteiger partial charge is 0.497 e. The summed E-state index contributed by atoms with van der Waals surface area (Å²) in [4.78, 5) is 14.9. The van der Waals surface area contributed by atoms with Gasteiger partial charge in [-0.05, 0) is 19.1 Å². The number of carboxylic acids is 1. The maximum Gasteiger partial charge on any atom is 0.311 e. The molecular formula is C12H13N3O3. The van der Waals surface area contributed by atoms with E-state index >= 15 is 0 Å². The molecule has 0 spiro atoms. The molecule has 0 atom stereocenters. The molecule has 0 unspecified atom stereocenters. The highest BCUT2D eigenvalue weighted by Crippen LogP contribution is 2.17. The van der Waals surface area contributed by atoms with Crippen molar-refractivity contribution in [2.45, 2.75) is 13.3 Å². The molecule has 6 heteroatoms. The Bertz CT molecular complexity index is 578. The number of aliphatic carboxylic acids is 1. The van der Waals surface area contributed by atoms with E-state index in [1.54, 1.807) is 20.1 Å². The first-order valence-electron chi connectivity index (χ1n) is 5.39. The second kappa shape index (κ2) is 4.87. The summed E-state index contributed by atoms with van der Waals surface area (Å²) in [6.45, 7) is 1.72. The Morgan fingerprint density at radius 1 is 1.50 bits per heavy atom. The van der Waals surface area contributed by atoms with Gasteiger partial charge in [-0.1, -0.05) is 6.07 Å². The molecule has 0 aliphatic carbocycles. The predicted octanol–water partition coefficient (Wildman–Crippen LogP) is 1.21. The molecule has 1 N–H and O–H groups in total. The van der Waals surface area contributed by atoms with E-state index in [2.05, 4.69) is 10.1 Å². The normalized spacial score (nSPS) is 10.3. The van der Waals surface area contributed by atoms with Crippen LogP contribution in [0.5, 0.6) is 5.75 Å². The van der Waals surface area contributed by atoms with Gasteiger partial charge in [0.15, 0.2) is 0 Å². The van der Waals surface area contributed by atoms with Crippen LogP contribution in [0.3, 0.4) is 0 Å². The van der Waals surface area contributed by atoms with Gasteiger partial charge in [-0.25, -0.2) is 9.67 Å². The molecule has 2 aromatic rings. The third-order valence-corrected chi connectivity index (χ3v) is 2.39. The molecule has 1 aromatic heterocycles. The molecule has 6 nitrogen and oxygen atoms in total. The summed E-state index contributed by atoms with van der Waals surface area (Å²) < 4.78 is 6.65. The summed E-state index contributed by atoms with van der Waals surface area (Å²) in [6.07, 6.45) is -0.169. The van der Waals surface area contributed by atoms with Crippen molar-refractivity contribution in [3.63, 3.8) is 0 Å². The minimum Gasteiger partial charge on any atom is -0.497 e. The fourth-order valence-corrected chi connectivity index (χ4v) is 1.66. The zero-order valence-electron chi connectivity index (χ0n) is 10.1. The van der Waals surface area contributed by atoms with Crippen LogP contribution in [0.2, 0.25) is 0 Å². The lowest BCUT2D eigenvalue weighted by Gasteiger charge is -2.06. The van der Waals surface area contributed by atoms with Gasteiger partial charge in [-0.2, -0.15) is 5.10 Å². The van der Waals surface area contributed by atoms with Crippen molar-refractivity contribution in [2.75, 3.05) is 7.11 Å². The van der Waals surface area contributed by atoms with Crippen LogP contribution < -0.4 is 4.74 Å². The summed E-state index contributed by atoms with van der Waals surface area (Å²) in [5.74, 6) is 0.677. The molecule has 0 aliphatic rings. The molecule has 1 heterocycles. The van der Waals surface area contributed by atoms with Crippen LogP contribution in [0, 0.1) is 6.92 Å². The fourth-order valence-electron chi connectivity index (χ4n) is 1.66. The Morgan fingerprint density at radius 2 is 2.28 bits per heavy atom. The maximum absolute atomic E-state index is 10.8. The van der Waals surface area contributed by atoms with Crippen LogP contribution in [0.15, 0.2) is 24.3 Å². The highest BCUT2D eigenvalue weighted by Gasteiger charge is 2.13. The second-order valence-electron chi connectivity index (χ2n) is 3.76. The van der Waals surface area contributed by atoms with Gasteiger partial charge in [-0.15, -0.1) is 0 Å². The molecule has 0 saturated heterocycles. The number of hydrogen-bond acceptors (Lipinski definition) is 4. The molecule has 0 radical (unpaired) electrons. The van der Waals surface area contributed by atoms with E-state index in [4.69, 9.17) is 9.84 Å². The number of nitrogens with zero attached hydrogens (tertiary/aromatic N) is 3. The lowest BCUT2D eigenvalue weighted by molar-refractivity contribution is -0.136. The number of rotatable bonds is 4. The van der Waals surface area contributed by atoms with Crippen LogP contribution in [0.25, 0.3) is 5.69 Å². The Balaban J connectivity index is 2.45. The maximum atomic E-state index is 10.8. The standard InChI is InChI=1S/C12H13N3O3/c1-8-13-11(7-12(16)17)15(14-8)9-4-3-5-10(6-9)18-2/h3-6H,7H2,1-2H3,(H,16,17). The molecule has 2 rings (SSSR count). The number of ether oxygens (including phenoxy) is 1. The lowest BCUT2D eigenvalue weighted by Crippen LogP contribution is -2.09. The fraction of sp³-hybridized carbons (Fsp3) is 0.250. The number of benzene rings is 1. The SMILES string of the molecule is COc1cccc(-n2nc(C)nc2CC(=O)O)c1. The van der Waals surface area contributed by atoms with Gasteiger partial charge in [0, 0.05) is 6.07 Å². The van der Waals surface area contributed by atoms with Gasteiger partial charge < -0.3 is 9.84 Å². The minimum atomic E-state index is -0.938. The topological polar surface area (TPSA) is 77.2 Å². The second-order valence-corrected chi connectivity index (χ2v) is 3.76. The average Bonchev–Trinajstić information content (AvgIpc) is 2.69. The molecule has 94 valence electrons. The monoisotopic (exact) mass is 247 g/mol. The van der Waals surface area contributed by atoms with Crippen molar-refractivity contribution < 1.29 is 14.6 Å². The Kier molecular flexibility index (Phi) is 3.27. The summed E-state index contributed by atoms with van der Waals surface area (Å²) in [5.41, 5.74) is 0.728. The molecule has 0 saturated carbocycles. The number of aromatic nitrogens is 3. The highest BCUT2D eigenvalue weighted by molar-refractivity contribution is 5.69. The Labute approximate surface area is 104 Å². The highest BCUT2D eigenvalue weighted by atomic mass is 16.5. The third-order valence-electron chi connectivity index (χ3n) is 2.39. The Morgan fingerprint density at radius 3 is 2.94 bits per heavy atom. The summed E-state index contributed by atoms with van der Waals surface area (Å²) in [6, 6.07) is 7.22. The van der Waals surface area contributed by atoms with Crippen molar-refractivity contribution in [3.8, 4) is 11.4 Å². The van der Waals surface area contributed by atoms with E-state index in [1.807, 2.05) is 18.2 Å². The number of methoxy groups -OCH3 is 1. The third kappa shape index (κ3) is 2.48. The van der Waals surface area contributed by atoms with Gasteiger partial charge in [0.1, 0.15) is 23.8 Å². The smallest absolute Gasteiger partial charge is 0.311 e. The van der Waals surface area contributed by atoms with Gasteiger partial charge >= 0.3 is 5.97 Å². The minimum absolute atomic E-state index is 0.169. The zero-order valence-corrected chi connectivity index (χ0v) is 10.1. The van der Waals surface area contributed by atoms with E-state index in [0.717, 1.165) is 5.69 Å². The van der Waals surface area contributed by atoms with Crippen molar-refractivity contribution in [3.05, 3.63) is 35.9 Å². The van der Waals surface area contributed by atoms with Crippen molar-refractivity contribution in [1.29, 1.82) is 0 Å². The van der Waals surface area contributed by atoms with Crippen LogP contribution in [-0.2, 0) is 11.2 Å². The molecule has 1 aromatic carbocycles. The van der Waals surface area contributed by atoms with E-state index in [1.165, 1.54) is 4.68 Å². The van der Waals surface area contributed by atoms with Crippen LogP contribution >= 0.6 is 0 Å². The molecule has 0 aliphatic heterocycles. The van der Waals surface area contributed by atoms with Gasteiger partial charge in [0.05, 0.1) is 12.8 Å². The van der Waals surface area contributed by atoms with Gasteiger partial charge in [-0.3, -0.25) is 4.79 Å². The number of hydrogen-bond donors (Lipinski definition) is 1. The van der Waals surface area contributed by atoms with Gasteiger partial charge in [0.2, 0.25) is 0 Å². The lowest BCUT2D eigenvalue weighted by atomic mass is 10.3. The van der Waals surface area contributed by atoms with E-state index in [-0.39, 0.29) is 6.42 Å². The first-order valence-corrected chi connectivity index (χ1v) is 5.39. The summed E-state index contributed by atoms with van der Waals surface area (Å²) in [7, 11) is 1.57. The predicted molar refractivity (Wildman–Crippen MR) is 64.0 cm³/mol.